The van der Waals surface area contributed by atoms with E-state index in [4.69, 9.17) is 0 Å². The summed E-state index contributed by atoms with van der Waals surface area (Å²) in [6, 6.07) is 0. The zero-order valence-corrected chi connectivity index (χ0v) is 6.11. The molecule has 0 saturated heterocycles. The Labute approximate surface area is 62.3 Å². The van der Waals surface area contributed by atoms with Gasteiger partial charge >= 0.3 is 12.1 Å². The molecule has 5 heteroatoms. The van der Waals surface area contributed by atoms with Crippen LogP contribution < -0.4 is 0 Å². The minimum atomic E-state index is -4.33. The van der Waals surface area contributed by atoms with Gasteiger partial charge in [-0.25, -0.2) is 0 Å². The van der Waals surface area contributed by atoms with Gasteiger partial charge in [-0.2, -0.15) is 17.7 Å². The first-order valence-corrected chi connectivity index (χ1v) is 3.37. The van der Waals surface area contributed by atoms with Gasteiger partial charge in [0, 0.05) is 0 Å². The van der Waals surface area contributed by atoms with E-state index >= 15 is 0 Å². The van der Waals surface area contributed by atoms with Crippen LogP contribution in [0.15, 0.2) is 0 Å². The summed E-state index contributed by atoms with van der Waals surface area (Å²) in [4.78, 5) is 0. The highest BCUT2D eigenvalue weighted by molar-refractivity contribution is 5.77. The molecule has 2 nitrogen and oxygen atoms in total. The van der Waals surface area contributed by atoms with E-state index in [0.29, 0.717) is 13.1 Å². The van der Waals surface area contributed by atoms with E-state index in [1.165, 1.54) is 4.58 Å². The first kappa shape index (κ1) is 8.36. The van der Waals surface area contributed by atoms with Gasteiger partial charge in [0.05, 0.1) is 0 Å². The van der Waals surface area contributed by atoms with Gasteiger partial charge in [0.25, 0.3) is 0 Å². The summed E-state index contributed by atoms with van der Waals surface area (Å²) >= 11 is 0. The lowest BCUT2D eigenvalue weighted by atomic mass is 10.5. The van der Waals surface area contributed by atoms with E-state index < -0.39 is 12.1 Å². The Morgan fingerprint density at radius 1 is 1.55 bits per heavy atom. The topological polar surface area (TPSA) is 12.2 Å². The Hall–Kier alpha value is -0.740. The predicted molar refractivity (Wildman–Crippen MR) is 32.7 cm³/mol. The molecule has 1 aliphatic heterocycles. The number of nitrogens with zero attached hydrogens (tertiary/aromatic N) is 1. The molecule has 0 fully saturated rings. The van der Waals surface area contributed by atoms with Crippen LogP contribution in [0.25, 0.3) is 0 Å². The third-order valence-electron chi connectivity index (χ3n) is 1.51. The molecule has 0 bridgehead atoms. The van der Waals surface area contributed by atoms with Crippen LogP contribution in [-0.4, -0.2) is 36.3 Å². The van der Waals surface area contributed by atoms with Crippen LogP contribution >= 0.6 is 0 Å². The van der Waals surface area contributed by atoms with Crippen molar-refractivity contribution in [2.75, 3.05) is 19.7 Å². The third kappa shape index (κ3) is 1.64. The lowest BCUT2D eigenvalue weighted by Crippen LogP contribution is -2.30. The van der Waals surface area contributed by atoms with Crippen LogP contribution in [0.4, 0.5) is 13.2 Å². The maximum absolute atomic E-state index is 12.0. The predicted octanol–water partition coefficient (Wildman–Crippen LogP) is 1.01. The number of hydrogen-bond donors (Lipinski definition) is 0. The van der Waals surface area contributed by atoms with Gasteiger partial charge in [-0.05, 0) is 6.92 Å². The van der Waals surface area contributed by atoms with Crippen LogP contribution in [0.2, 0.25) is 0 Å². The molecule has 11 heavy (non-hydrogen) atoms. The average Bonchev–Trinajstić information content (AvgIpc) is 2.31. The molecule has 1 heterocycles. The normalized spacial score (nSPS) is 18.9. The number of hydrogen-bond acceptors (Lipinski definition) is 1. The summed E-state index contributed by atoms with van der Waals surface area (Å²) in [6.07, 6.45) is -4.33. The molecule has 0 N–H and O–H groups in total. The lowest BCUT2D eigenvalue weighted by Gasteiger charge is -2.01. The zero-order valence-electron chi connectivity index (χ0n) is 6.11. The number of ether oxygens (including phenoxy) is 1. The van der Waals surface area contributed by atoms with Crippen LogP contribution in [-0.2, 0) is 4.74 Å². The summed E-state index contributed by atoms with van der Waals surface area (Å²) < 4.78 is 41.6. The van der Waals surface area contributed by atoms with Gasteiger partial charge in [0.2, 0.25) is 0 Å². The molecule has 0 saturated carbocycles. The summed E-state index contributed by atoms with van der Waals surface area (Å²) in [6.45, 7) is 2.49. The van der Waals surface area contributed by atoms with Crippen molar-refractivity contribution in [2.45, 2.75) is 13.1 Å². The van der Waals surface area contributed by atoms with Crippen LogP contribution in [0.3, 0.4) is 0 Å². The van der Waals surface area contributed by atoms with Crippen molar-refractivity contribution in [3.05, 3.63) is 0 Å². The molecule has 1 rings (SSSR count). The van der Waals surface area contributed by atoms with E-state index in [1.54, 1.807) is 6.92 Å². The number of alkyl halides is 3. The number of halogens is 3. The van der Waals surface area contributed by atoms with E-state index in [-0.39, 0.29) is 6.61 Å². The monoisotopic (exact) mass is 168 g/mol. The summed E-state index contributed by atoms with van der Waals surface area (Å²) in [7, 11) is 0. The van der Waals surface area contributed by atoms with E-state index in [2.05, 4.69) is 4.74 Å². The zero-order chi connectivity index (χ0) is 8.48. The maximum Gasteiger partial charge on any atom is 0.516 e. The van der Waals surface area contributed by atoms with E-state index in [0.717, 1.165) is 0 Å². The second-order valence-corrected chi connectivity index (χ2v) is 2.23. The first-order valence-electron chi connectivity index (χ1n) is 3.37. The fourth-order valence-corrected chi connectivity index (χ4v) is 1.01. The summed E-state index contributed by atoms with van der Waals surface area (Å²) in [5, 5.41) is 0. The van der Waals surface area contributed by atoms with E-state index in [9.17, 15) is 13.2 Å². The molecule has 0 atom stereocenters. The Morgan fingerprint density at radius 2 is 2.18 bits per heavy atom. The van der Waals surface area contributed by atoms with Crippen molar-refractivity contribution in [3.8, 4) is 0 Å². The minimum Gasteiger partial charge on any atom is -0.434 e. The Morgan fingerprint density at radius 3 is 2.55 bits per heavy atom. The fourth-order valence-electron chi connectivity index (χ4n) is 1.01. The van der Waals surface area contributed by atoms with Crippen molar-refractivity contribution >= 4 is 5.90 Å². The molecule has 0 aromatic rings. The van der Waals surface area contributed by atoms with Crippen molar-refractivity contribution in [2.24, 2.45) is 0 Å². The molecule has 0 aromatic heterocycles. The molecular formula is C6H9F3NO+. The largest absolute Gasteiger partial charge is 0.516 e. The molecule has 0 aromatic carbocycles. The lowest BCUT2D eigenvalue weighted by molar-refractivity contribution is -0.521. The standard InChI is InChI=1S/C6H9F3NO/c1-2-10-3-4-11-5(10)6(7,8)9/h2-4H2,1H3/q+1. The smallest absolute Gasteiger partial charge is 0.434 e. The van der Waals surface area contributed by atoms with Crippen LogP contribution in [0.5, 0.6) is 0 Å². The van der Waals surface area contributed by atoms with Gasteiger partial charge in [-0.3, -0.25) is 0 Å². The number of likely N-dealkylation sites (N-methyl/N-ethyl adjacent to an activating group) is 1. The fraction of sp³-hybridized carbons (Fsp3) is 0.833. The molecular weight excluding hydrogens is 159 g/mol. The van der Waals surface area contributed by atoms with E-state index in [1.807, 2.05) is 0 Å². The summed E-state index contributed by atoms with van der Waals surface area (Å²) in [5.74, 6) is -0.847. The third-order valence-corrected chi connectivity index (χ3v) is 1.51. The Bertz CT molecular complexity index is 185. The molecule has 0 unspecified atom stereocenters. The van der Waals surface area contributed by atoms with Crippen molar-refractivity contribution in [1.82, 2.24) is 0 Å². The summed E-state index contributed by atoms with van der Waals surface area (Å²) in [5.41, 5.74) is 0. The van der Waals surface area contributed by atoms with Gasteiger partial charge < -0.3 is 4.74 Å². The Balaban J connectivity index is 2.83. The van der Waals surface area contributed by atoms with Crippen LogP contribution in [0, 0.1) is 0 Å². The highest BCUT2D eigenvalue weighted by Gasteiger charge is 2.48. The first-order chi connectivity index (χ1) is 5.05. The second kappa shape index (κ2) is 2.71. The SMILES string of the molecule is CC[N+]1=C(C(F)(F)F)OCC1. The average molecular weight is 168 g/mol. The molecule has 0 radical (unpaired) electrons. The van der Waals surface area contributed by atoms with Gasteiger partial charge in [-0.1, -0.05) is 0 Å². The quantitative estimate of drug-likeness (QED) is 0.532. The van der Waals surface area contributed by atoms with Crippen LogP contribution in [0.1, 0.15) is 6.92 Å². The molecule has 0 spiro atoms. The number of rotatable bonds is 1. The molecule has 1 aliphatic rings. The molecule has 0 aliphatic carbocycles. The molecule has 0 amide bonds. The van der Waals surface area contributed by atoms with Gasteiger partial charge in [-0.15, -0.1) is 0 Å². The molecule has 64 valence electrons. The minimum absolute atomic E-state index is 0.142. The van der Waals surface area contributed by atoms with Crippen molar-refractivity contribution < 1.29 is 22.5 Å². The van der Waals surface area contributed by atoms with Gasteiger partial charge in [0.1, 0.15) is 6.54 Å². The maximum atomic E-state index is 12.0. The van der Waals surface area contributed by atoms with Crippen molar-refractivity contribution in [3.63, 3.8) is 0 Å². The highest BCUT2D eigenvalue weighted by Crippen LogP contribution is 2.19. The Kier molecular flexibility index (Phi) is 2.06. The van der Waals surface area contributed by atoms with Gasteiger partial charge in [0.15, 0.2) is 13.2 Å². The van der Waals surface area contributed by atoms with Crippen molar-refractivity contribution in [1.29, 1.82) is 0 Å². The second-order valence-electron chi connectivity index (χ2n) is 2.23. The highest BCUT2D eigenvalue weighted by atomic mass is 19.4.